The lowest BCUT2D eigenvalue weighted by Crippen LogP contribution is -2.26. The number of nitrogens with one attached hydrogen (secondary N) is 2. The predicted molar refractivity (Wildman–Crippen MR) is 85.0 cm³/mol. The van der Waals surface area contributed by atoms with E-state index >= 15 is 0 Å². The number of nitrogens with two attached hydrogens (primary N) is 1. The lowest BCUT2D eigenvalue weighted by Gasteiger charge is -2.14. The van der Waals surface area contributed by atoms with Gasteiger partial charge in [0.25, 0.3) is 5.91 Å². The minimum atomic E-state index is -0.0863. The molecule has 4 heteroatoms. The SMILES string of the molecule is CC(NC(=O)c1c[nH]c2ccccc12)c1ccc(N)cc1. The molecule has 1 unspecified atom stereocenters. The Morgan fingerprint density at radius 1 is 1.14 bits per heavy atom. The average molecular weight is 279 g/mol. The Labute approximate surface area is 123 Å². The third-order valence-electron chi connectivity index (χ3n) is 3.62. The van der Waals surface area contributed by atoms with Gasteiger partial charge in [0.05, 0.1) is 11.6 Å². The summed E-state index contributed by atoms with van der Waals surface area (Å²) in [6, 6.07) is 15.2. The van der Waals surface area contributed by atoms with Crippen LogP contribution in [0.15, 0.2) is 54.7 Å². The second-order valence-corrected chi connectivity index (χ2v) is 5.11. The van der Waals surface area contributed by atoms with Crippen LogP contribution in [0.4, 0.5) is 5.69 Å². The molecule has 106 valence electrons. The number of aromatic amines is 1. The first-order valence-corrected chi connectivity index (χ1v) is 6.87. The number of fused-ring (bicyclic) bond motifs is 1. The predicted octanol–water partition coefficient (Wildman–Crippen LogP) is 3.24. The van der Waals surface area contributed by atoms with Gasteiger partial charge >= 0.3 is 0 Å². The third-order valence-corrected chi connectivity index (χ3v) is 3.62. The van der Waals surface area contributed by atoms with Gasteiger partial charge in [-0.3, -0.25) is 4.79 Å². The Balaban J connectivity index is 1.81. The monoisotopic (exact) mass is 279 g/mol. The van der Waals surface area contributed by atoms with Gasteiger partial charge in [0.1, 0.15) is 0 Å². The van der Waals surface area contributed by atoms with Crippen molar-refractivity contribution in [3.05, 3.63) is 65.9 Å². The van der Waals surface area contributed by atoms with Crippen molar-refractivity contribution in [2.75, 3.05) is 5.73 Å². The van der Waals surface area contributed by atoms with Crippen molar-refractivity contribution >= 4 is 22.5 Å². The second-order valence-electron chi connectivity index (χ2n) is 5.11. The highest BCUT2D eigenvalue weighted by Gasteiger charge is 2.14. The molecule has 21 heavy (non-hydrogen) atoms. The number of carbonyl (C=O) groups excluding carboxylic acids is 1. The molecule has 3 aromatic rings. The normalized spacial score (nSPS) is 12.2. The Morgan fingerprint density at radius 2 is 1.86 bits per heavy atom. The van der Waals surface area contributed by atoms with Gasteiger partial charge in [0.15, 0.2) is 0 Å². The molecule has 1 aromatic heterocycles. The zero-order valence-electron chi connectivity index (χ0n) is 11.8. The molecule has 0 saturated carbocycles. The summed E-state index contributed by atoms with van der Waals surface area (Å²) in [5.74, 6) is -0.0863. The van der Waals surface area contributed by atoms with Crippen molar-refractivity contribution in [3.63, 3.8) is 0 Å². The molecule has 0 radical (unpaired) electrons. The number of hydrogen-bond acceptors (Lipinski definition) is 2. The van der Waals surface area contributed by atoms with E-state index in [2.05, 4.69) is 10.3 Å². The number of hydrogen-bond donors (Lipinski definition) is 3. The van der Waals surface area contributed by atoms with Crippen molar-refractivity contribution in [2.45, 2.75) is 13.0 Å². The number of carbonyl (C=O) groups is 1. The average Bonchev–Trinajstić information content (AvgIpc) is 2.92. The molecule has 2 aromatic carbocycles. The summed E-state index contributed by atoms with van der Waals surface area (Å²) in [5, 5.41) is 3.94. The topological polar surface area (TPSA) is 70.9 Å². The zero-order valence-corrected chi connectivity index (χ0v) is 11.8. The van der Waals surface area contributed by atoms with E-state index in [4.69, 9.17) is 5.73 Å². The quantitative estimate of drug-likeness (QED) is 0.644. The lowest BCUT2D eigenvalue weighted by molar-refractivity contribution is 0.0941. The van der Waals surface area contributed by atoms with Crippen LogP contribution in [-0.2, 0) is 0 Å². The Bertz CT molecular complexity index is 774. The number of H-pyrrole nitrogens is 1. The Hall–Kier alpha value is -2.75. The van der Waals surface area contributed by atoms with Crippen molar-refractivity contribution < 1.29 is 4.79 Å². The van der Waals surface area contributed by atoms with E-state index < -0.39 is 0 Å². The van der Waals surface area contributed by atoms with Gasteiger partial charge in [0.2, 0.25) is 0 Å². The lowest BCUT2D eigenvalue weighted by atomic mass is 10.1. The van der Waals surface area contributed by atoms with E-state index in [0.29, 0.717) is 11.3 Å². The van der Waals surface area contributed by atoms with Crippen molar-refractivity contribution in [2.24, 2.45) is 0 Å². The number of anilines is 1. The zero-order chi connectivity index (χ0) is 14.8. The van der Waals surface area contributed by atoms with Gasteiger partial charge in [-0.15, -0.1) is 0 Å². The van der Waals surface area contributed by atoms with Gasteiger partial charge in [-0.2, -0.15) is 0 Å². The summed E-state index contributed by atoms with van der Waals surface area (Å²) in [5.41, 5.74) is 9.04. The molecule has 0 aliphatic carbocycles. The first kappa shape index (κ1) is 13.2. The van der Waals surface area contributed by atoms with Gasteiger partial charge in [-0.25, -0.2) is 0 Å². The maximum atomic E-state index is 12.4. The number of amides is 1. The Kier molecular flexibility index (Phi) is 3.36. The molecule has 1 atom stereocenters. The van der Waals surface area contributed by atoms with Gasteiger partial charge in [0, 0.05) is 22.8 Å². The fourth-order valence-electron chi connectivity index (χ4n) is 2.40. The molecule has 0 aliphatic rings. The van der Waals surface area contributed by atoms with Crippen LogP contribution in [0.2, 0.25) is 0 Å². The summed E-state index contributed by atoms with van der Waals surface area (Å²) in [6.45, 7) is 1.96. The second kappa shape index (κ2) is 5.32. The van der Waals surface area contributed by atoms with Crippen LogP contribution >= 0.6 is 0 Å². The third kappa shape index (κ3) is 2.60. The molecule has 0 aliphatic heterocycles. The van der Waals surface area contributed by atoms with E-state index in [1.54, 1.807) is 6.20 Å². The summed E-state index contributed by atoms with van der Waals surface area (Å²) in [6.07, 6.45) is 1.75. The number of rotatable bonds is 3. The summed E-state index contributed by atoms with van der Waals surface area (Å²) in [4.78, 5) is 15.5. The fourth-order valence-corrected chi connectivity index (χ4v) is 2.40. The van der Waals surface area contributed by atoms with E-state index in [0.717, 1.165) is 16.5 Å². The van der Waals surface area contributed by atoms with Crippen LogP contribution in [0.3, 0.4) is 0 Å². The number of nitrogen functional groups attached to an aromatic ring is 1. The van der Waals surface area contributed by atoms with Crippen LogP contribution in [0.25, 0.3) is 10.9 Å². The van der Waals surface area contributed by atoms with Crippen LogP contribution in [0.1, 0.15) is 28.9 Å². The smallest absolute Gasteiger partial charge is 0.253 e. The van der Waals surface area contributed by atoms with Gasteiger partial charge in [-0.05, 0) is 30.7 Å². The fraction of sp³-hybridized carbons (Fsp3) is 0.118. The number of benzene rings is 2. The first-order valence-electron chi connectivity index (χ1n) is 6.87. The van der Waals surface area contributed by atoms with Crippen LogP contribution in [0, 0.1) is 0 Å². The summed E-state index contributed by atoms with van der Waals surface area (Å²) >= 11 is 0. The molecule has 3 rings (SSSR count). The minimum Gasteiger partial charge on any atom is -0.399 e. The van der Waals surface area contributed by atoms with Gasteiger partial charge in [-0.1, -0.05) is 30.3 Å². The molecule has 4 N–H and O–H groups in total. The number of para-hydroxylation sites is 1. The van der Waals surface area contributed by atoms with E-state index in [1.807, 2.05) is 55.5 Å². The molecule has 1 heterocycles. The highest BCUT2D eigenvalue weighted by molar-refractivity contribution is 6.06. The maximum Gasteiger partial charge on any atom is 0.253 e. The highest BCUT2D eigenvalue weighted by Crippen LogP contribution is 2.19. The summed E-state index contributed by atoms with van der Waals surface area (Å²) in [7, 11) is 0. The van der Waals surface area contributed by atoms with Crippen molar-refractivity contribution in [1.82, 2.24) is 10.3 Å². The molecule has 0 saturated heterocycles. The standard InChI is InChI=1S/C17H17N3O/c1-11(12-6-8-13(18)9-7-12)20-17(21)15-10-19-16-5-3-2-4-14(15)16/h2-11,19H,18H2,1H3,(H,20,21). The molecule has 4 nitrogen and oxygen atoms in total. The maximum absolute atomic E-state index is 12.4. The van der Waals surface area contributed by atoms with Crippen LogP contribution < -0.4 is 11.1 Å². The van der Waals surface area contributed by atoms with Crippen LogP contribution in [-0.4, -0.2) is 10.9 Å². The Morgan fingerprint density at radius 3 is 2.62 bits per heavy atom. The van der Waals surface area contributed by atoms with E-state index in [1.165, 1.54) is 0 Å². The largest absolute Gasteiger partial charge is 0.399 e. The molecule has 0 bridgehead atoms. The van der Waals surface area contributed by atoms with Crippen LogP contribution in [0.5, 0.6) is 0 Å². The number of aromatic nitrogens is 1. The molecular weight excluding hydrogens is 262 g/mol. The molecule has 1 amide bonds. The summed E-state index contributed by atoms with van der Waals surface area (Å²) < 4.78 is 0. The minimum absolute atomic E-state index is 0.0771. The van der Waals surface area contributed by atoms with Crippen molar-refractivity contribution in [1.29, 1.82) is 0 Å². The van der Waals surface area contributed by atoms with E-state index in [-0.39, 0.29) is 11.9 Å². The molecule has 0 spiro atoms. The van der Waals surface area contributed by atoms with Gasteiger partial charge < -0.3 is 16.0 Å². The molecule has 0 fully saturated rings. The van der Waals surface area contributed by atoms with E-state index in [9.17, 15) is 4.79 Å². The molecular formula is C17H17N3O. The van der Waals surface area contributed by atoms with Crippen molar-refractivity contribution in [3.8, 4) is 0 Å². The highest BCUT2D eigenvalue weighted by atomic mass is 16.1. The first-order chi connectivity index (χ1) is 10.1.